The molecule has 0 saturated heterocycles. The molecule has 0 rings (SSSR count). The van der Waals surface area contributed by atoms with Gasteiger partial charge in [-0.1, -0.05) is 39.5 Å². The minimum absolute atomic E-state index is 0.392. The second kappa shape index (κ2) is 6.66. The molecule has 0 aromatic carbocycles. The van der Waals surface area contributed by atoms with Gasteiger partial charge in [0, 0.05) is 6.04 Å². The Morgan fingerprint density at radius 1 is 1.09 bits per heavy atom. The van der Waals surface area contributed by atoms with Gasteiger partial charge in [-0.2, -0.15) is 0 Å². The van der Waals surface area contributed by atoms with Crippen molar-refractivity contribution in [1.29, 1.82) is 0 Å². The Morgan fingerprint density at radius 2 is 1.73 bits per heavy atom. The Hall–Kier alpha value is -0.0400. The lowest BCUT2D eigenvalue weighted by molar-refractivity contribution is 0.449. The van der Waals surface area contributed by atoms with Gasteiger partial charge in [-0.3, -0.25) is 0 Å². The standard InChI is InChI=1S/C10H23N/c1-4-6-9(2)7-5-8-10(3)11/h9-10H,4-8,11H2,1-3H3/t9-,10-/m0/s1. The van der Waals surface area contributed by atoms with Crippen LogP contribution in [0.1, 0.15) is 52.9 Å². The van der Waals surface area contributed by atoms with Crippen LogP contribution in [0.5, 0.6) is 0 Å². The topological polar surface area (TPSA) is 26.0 Å². The normalized spacial score (nSPS) is 16.4. The highest BCUT2D eigenvalue weighted by Crippen LogP contribution is 2.13. The lowest BCUT2D eigenvalue weighted by Crippen LogP contribution is -2.14. The van der Waals surface area contributed by atoms with Crippen LogP contribution in [0.15, 0.2) is 0 Å². The first-order valence-electron chi connectivity index (χ1n) is 4.92. The van der Waals surface area contributed by atoms with E-state index in [0.717, 1.165) is 5.92 Å². The van der Waals surface area contributed by atoms with E-state index in [1.807, 2.05) is 0 Å². The Balaban J connectivity index is 3.10. The zero-order valence-electron chi connectivity index (χ0n) is 8.27. The number of nitrogens with two attached hydrogens (primary N) is 1. The summed E-state index contributed by atoms with van der Waals surface area (Å²) in [6.07, 6.45) is 6.54. The predicted octanol–water partition coefficient (Wildman–Crippen LogP) is 2.94. The molecule has 0 bridgehead atoms. The second-order valence-corrected chi connectivity index (χ2v) is 3.80. The lowest BCUT2D eigenvalue weighted by Gasteiger charge is -2.10. The van der Waals surface area contributed by atoms with Crippen LogP contribution in [0.25, 0.3) is 0 Å². The van der Waals surface area contributed by atoms with E-state index in [1.54, 1.807) is 0 Å². The van der Waals surface area contributed by atoms with Crippen molar-refractivity contribution in [3.8, 4) is 0 Å². The lowest BCUT2D eigenvalue weighted by atomic mass is 9.98. The fourth-order valence-corrected chi connectivity index (χ4v) is 1.43. The SMILES string of the molecule is CCC[C@H](C)CCC[C@H](C)N. The molecule has 0 aromatic heterocycles. The molecule has 0 heterocycles. The third-order valence-corrected chi connectivity index (χ3v) is 2.14. The van der Waals surface area contributed by atoms with Gasteiger partial charge in [0.2, 0.25) is 0 Å². The Morgan fingerprint density at radius 3 is 2.18 bits per heavy atom. The van der Waals surface area contributed by atoms with Crippen LogP contribution in [0.2, 0.25) is 0 Å². The van der Waals surface area contributed by atoms with Gasteiger partial charge in [0.1, 0.15) is 0 Å². The first kappa shape index (κ1) is 11.0. The van der Waals surface area contributed by atoms with Crippen molar-refractivity contribution < 1.29 is 0 Å². The monoisotopic (exact) mass is 157 g/mol. The van der Waals surface area contributed by atoms with Crippen molar-refractivity contribution >= 4 is 0 Å². The quantitative estimate of drug-likeness (QED) is 0.630. The number of rotatable bonds is 6. The van der Waals surface area contributed by atoms with Gasteiger partial charge in [0.25, 0.3) is 0 Å². The van der Waals surface area contributed by atoms with Crippen LogP contribution >= 0.6 is 0 Å². The van der Waals surface area contributed by atoms with E-state index in [4.69, 9.17) is 5.73 Å². The maximum absolute atomic E-state index is 5.65. The number of hydrogen-bond acceptors (Lipinski definition) is 1. The van der Waals surface area contributed by atoms with Crippen LogP contribution in [0.3, 0.4) is 0 Å². The van der Waals surface area contributed by atoms with Gasteiger partial charge < -0.3 is 5.73 Å². The number of hydrogen-bond donors (Lipinski definition) is 1. The van der Waals surface area contributed by atoms with Gasteiger partial charge in [0.15, 0.2) is 0 Å². The van der Waals surface area contributed by atoms with Crippen molar-refractivity contribution in [2.45, 2.75) is 58.9 Å². The zero-order chi connectivity index (χ0) is 8.69. The molecule has 0 aromatic rings. The minimum Gasteiger partial charge on any atom is -0.328 e. The van der Waals surface area contributed by atoms with Crippen molar-refractivity contribution in [2.75, 3.05) is 0 Å². The largest absolute Gasteiger partial charge is 0.328 e. The molecule has 0 aliphatic heterocycles. The molecule has 0 saturated carbocycles. The van der Waals surface area contributed by atoms with E-state index < -0.39 is 0 Å². The maximum Gasteiger partial charge on any atom is 0.00104 e. The molecule has 0 aliphatic carbocycles. The summed E-state index contributed by atoms with van der Waals surface area (Å²) in [6, 6.07) is 0.392. The summed E-state index contributed by atoms with van der Waals surface area (Å²) < 4.78 is 0. The summed E-state index contributed by atoms with van der Waals surface area (Å²) in [5.41, 5.74) is 5.65. The van der Waals surface area contributed by atoms with Crippen molar-refractivity contribution in [3.63, 3.8) is 0 Å². The van der Waals surface area contributed by atoms with E-state index in [9.17, 15) is 0 Å². The van der Waals surface area contributed by atoms with Crippen LogP contribution in [0, 0.1) is 5.92 Å². The van der Waals surface area contributed by atoms with Gasteiger partial charge in [0.05, 0.1) is 0 Å². The third-order valence-electron chi connectivity index (χ3n) is 2.14. The van der Waals surface area contributed by atoms with Gasteiger partial charge in [-0.05, 0) is 19.3 Å². The van der Waals surface area contributed by atoms with E-state index in [-0.39, 0.29) is 0 Å². The highest BCUT2D eigenvalue weighted by molar-refractivity contribution is 4.57. The fourth-order valence-electron chi connectivity index (χ4n) is 1.43. The molecule has 0 spiro atoms. The van der Waals surface area contributed by atoms with E-state index >= 15 is 0 Å². The summed E-state index contributed by atoms with van der Waals surface area (Å²) >= 11 is 0. The molecule has 1 nitrogen and oxygen atoms in total. The van der Waals surface area contributed by atoms with Crippen LogP contribution in [-0.2, 0) is 0 Å². The average Bonchev–Trinajstić information content (AvgIpc) is 1.87. The summed E-state index contributed by atoms with van der Waals surface area (Å²) in [5, 5.41) is 0. The van der Waals surface area contributed by atoms with Crippen molar-refractivity contribution in [3.05, 3.63) is 0 Å². The van der Waals surface area contributed by atoms with Crippen LogP contribution in [-0.4, -0.2) is 6.04 Å². The predicted molar refractivity (Wildman–Crippen MR) is 51.6 cm³/mol. The van der Waals surface area contributed by atoms with Gasteiger partial charge in [-0.15, -0.1) is 0 Å². The van der Waals surface area contributed by atoms with Crippen molar-refractivity contribution in [1.82, 2.24) is 0 Å². The molecule has 11 heavy (non-hydrogen) atoms. The van der Waals surface area contributed by atoms with E-state index in [1.165, 1.54) is 32.1 Å². The molecule has 1 heteroatoms. The molecule has 2 N–H and O–H groups in total. The Bertz CT molecular complexity index is 78.9. The molecule has 0 amide bonds. The zero-order valence-corrected chi connectivity index (χ0v) is 8.27. The molecular formula is C10H23N. The third kappa shape index (κ3) is 7.86. The second-order valence-electron chi connectivity index (χ2n) is 3.80. The summed E-state index contributed by atoms with van der Waals surface area (Å²) in [4.78, 5) is 0. The minimum atomic E-state index is 0.392. The van der Waals surface area contributed by atoms with Crippen molar-refractivity contribution in [2.24, 2.45) is 11.7 Å². The molecule has 0 fully saturated rings. The molecule has 0 radical (unpaired) electrons. The summed E-state index contributed by atoms with van der Waals surface area (Å²) in [6.45, 7) is 6.68. The highest BCUT2D eigenvalue weighted by atomic mass is 14.6. The van der Waals surface area contributed by atoms with Gasteiger partial charge >= 0.3 is 0 Å². The molecule has 0 unspecified atom stereocenters. The molecule has 68 valence electrons. The first-order chi connectivity index (χ1) is 5.16. The fraction of sp³-hybridized carbons (Fsp3) is 1.00. The van der Waals surface area contributed by atoms with E-state index in [0.29, 0.717) is 6.04 Å². The molecular weight excluding hydrogens is 134 g/mol. The average molecular weight is 157 g/mol. The summed E-state index contributed by atoms with van der Waals surface area (Å²) in [7, 11) is 0. The summed E-state index contributed by atoms with van der Waals surface area (Å²) in [5.74, 6) is 0.902. The maximum atomic E-state index is 5.65. The molecule has 2 atom stereocenters. The Kier molecular flexibility index (Phi) is 6.63. The smallest absolute Gasteiger partial charge is 0.00104 e. The van der Waals surface area contributed by atoms with Crippen LogP contribution < -0.4 is 5.73 Å². The van der Waals surface area contributed by atoms with Gasteiger partial charge in [-0.25, -0.2) is 0 Å². The highest BCUT2D eigenvalue weighted by Gasteiger charge is 2.00. The first-order valence-corrected chi connectivity index (χ1v) is 4.92. The Labute approximate surface area is 71.4 Å². The van der Waals surface area contributed by atoms with E-state index in [2.05, 4.69) is 20.8 Å². The molecule has 0 aliphatic rings. The van der Waals surface area contributed by atoms with Crippen LogP contribution in [0.4, 0.5) is 0 Å².